The van der Waals surface area contributed by atoms with Gasteiger partial charge in [0.1, 0.15) is 5.82 Å². The van der Waals surface area contributed by atoms with Gasteiger partial charge in [0.25, 0.3) is 0 Å². The van der Waals surface area contributed by atoms with Crippen molar-refractivity contribution in [3.8, 4) is 0 Å². The van der Waals surface area contributed by atoms with Crippen molar-refractivity contribution >= 4 is 23.0 Å². The molecule has 0 bridgehead atoms. The van der Waals surface area contributed by atoms with Gasteiger partial charge in [0.05, 0.1) is 17.6 Å². The van der Waals surface area contributed by atoms with Crippen LogP contribution in [0.1, 0.15) is 55.6 Å². The van der Waals surface area contributed by atoms with E-state index in [0.29, 0.717) is 19.0 Å². The number of benzene rings is 3. The summed E-state index contributed by atoms with van der Waals surface area (Å²) in [7, 11) is 0. The first kappa shape index (κ1) is 26.9. The second kappa shape index (κ2) is 12.9. The van der Waals surface area contributed by atoms with E-state index in [1.807, 2.05) is 47.4 Å². The third-order valence-corrected chi connectivity index (χ3v) is 7.47. The first-order valence-electron chi connectivity index (χ1n) is 14.3. The molecule has 0 saturated carbocycles. The molecule has 0 atom stereocenters. The lowest BCUT2D eigenvalue weighted by atomic mass is 10.0. The predicted octanol–water partition coefficient (Wildman–Crippen LogP) is 6.77. The standard InChI is InChI=1S/C34H40N4O/c1-27(2)23-37(34(39)20-19-28-13-5-3-6-14-28)26-33-35-31-17-9-10-18-32(31)38(33)25-30-16-8-7-15-29(30)24-36-21-11-4-12-22-36/h3,5-10,13-20,27H,4,11-12,21-26H2,1-2H3. The Labute approximate surface area is 232 Å². The summed E-state index contributed by atoms with van der Waals surface area (Å²) in [5, 5.41) is 0. The van der Waals surface area contributed by atoms with Crippen LogP contribution in [0.15, 0.2) is 84.9 Å². The van der Waals surface area contributed by atoms with Crippen molar-refractivity contribution in [2.24, 2.45) is 5.92 Å². The lowest BCUT2D eigenvalue weighted by Crippen LogP contribution is -2.33. The molecule has 0 radical (unpaired) electrons. The van der Waals surface area contributed by atoms with Crippen LogP contribution in [0, 0.1) is 5.92 Å². The summed E-state index contributed by atoms with van der Waals surface area (Å²) in [6.45, 7) is 9.53. The van der Waals surface area contributed by atoms with E-state index in [1.54, 1.807) is 6.08 Å². The third-order valence-electron chi connectivity index (χ3n) is 7.47. The second-order valence-electron chi connectivity index (χ2n) is 11.1. The quantitative estimate of drug-likeness (QED) is 0.217. The molecule has 5 heteroatoms. The summed E-state index contributed by atoms with van der Waals surface area (Å²) >= 11 is 0. The molecule has 1 aliphatic heterocycles. The molecule has 4 aromatic rings. The van der Waals surface area contributed by atoms with Crippen LogP contribution in [0.5, 0.6) is 0 Å². The van der Waals surface area contributed by atoms with Gasteiger partial charge in [0.2, 0.25) is 5.91 Å². The van der Waals surface area contributed by atoms with Gasteiger partial charge < -0.3 is 9.47 Å². The van der Waals surface area contributed by atoms with Gasteiger partial charge >= 0.3 is 0 Å². The number of fused-ring (bicyclic) bond motifs is 1. The average Bonchev–Trinajstić information content (AvgIpc) is 3.30. The molecule has 5 nitrogen and oxygen atoms in total. The molecular weight excluding hydrogens is 480 g/mol. The highest BCUT2D eigenvalue weighted by Crippen LogP contribution is 2.23. The number of carbonyl (C=O) groups is 1. The van der Waals surface area contributed by atoms with Gasteiger partial charge in [0.15, 0.2) is 0 Å². The molecule has 0 spiro atoms. The zero-order valence-corrected chi connectivity index (χ0v) is 23.3. The van der Waals surface area contributed by atoms with E-state index < -0.39 is 0 Å². The highest BCUT2D eigenvalue weighted by molar-refractivity contribution is 5.91. The maximum Gasteiger partial charge on any atom is 0.246 e. The molecule has 5 rings (SSSR count). The lowest BCUT2D eigenvalue weighted by molar-refractivity contribution is -0.127. The number of rotatable bonds is 10. The lowest BCUT2D eigenvalue weighted by Gasteiger charge is -2.27. The normalized spacial score (nSPS) is 14.4. The zero-order valence-electron chi connectivity index (χ0n) is 23.3. The summed E-state index contributed by atoms with van der Waals surface area (Å²) in [5.74, 6) is 1.28. The van der Waals surface area contributed by atoms with E-state index in [0.717, 1.165) is 35.5 Å². The van der Waals surface area contributed by atoms with E-state index >= 15 is 0 Å². The number of para-hydroxylation sites is 2. The van der Waals surface area contributed by atoms with Gasteiger partial charge in [-0.05, 0) is 66.7 Å². The smallest absolute Gasteiger partial charge is 0.246 e. The van der Waals surface area contributed by atoms with Gasteiger partial charge in [-0.15, -0.1) is 0 Å². The largest absolute Gasteiger partial charge is 0.331 e. The van der Waals surface area contributed by atoms with Gasteiger partial charge in [-0.25, -0.2) is 4.98 Å². The van der Waals surface area contributed by atoms with Crippen molar-refractivity contribution in [3.05, 3.63) is 107 Å². The number of aromatic nitrogens is 2. The summed E-state index contributed by atoms with van der Waals surface area (Å²) in [5.41, 5.74) is 5.80. The first-order valence-corrected chi connectivity index (χ1v) is 14.3. The highest BCUT2D eigenvalue weighted by Gasteiger charge is 2.20. The molecule has 202 valence electrons. The summed E-state index contributed by atoms with van der Waals surface area (Å²) in [6, 6.07) is 27.1. The average molecular weight is 521 g/mol. The van der Waals surface area contributed by atoms with Crippen LogP contribution in [-0.4, -0.2) is 44.9 Å². The van der Waals surface area contributed by atoms with Crippen LogP contribution in [0.3, 0.4) is 0 Å². The van der Waals surface area contributed by atoms with Crippen molar-refractivity contribution in [1.82, 2.24) is 19.4 Å². The van der Waals surface area contributed by atoms with Crippen molar-refractivity contribution in [1.29, 1.82) is 0 Å². The minimum Gasteiger partial charge on any atom is -0.331 e. The second-order valence-corrected chi connectivity index (χ2v) is 11.1. The van der Waals surface area contributed by atoms with Gasteiger partial charge in [-0.1, -0.05) is 87.0 Å². The Kier molecular flexibility index (Phi) is 8.89. The molecule has 0 N–H and O–H groups in total. The molecule has 39 heavy (non-hydrogen) atoms. The van der Waals surface area contributed by atoms with Crippen LogP contribution in [0.25, 0.3) is 17.1 Å². The Bertz CT molecular complexity index is 1400. The Balaban J connectivity index is 1.43. The Morgan fingerprint density at radius 2 is 1.54 bits per heavy atom. The van der Waals surface area contributed by atoms with Crippen molar-refractivity contribution in [2.45, 2.75) is 52.7 Å². The fourth-order valence-electron chi connectivity index (χ4n) is 5.50. The maximum absolute atomic E-state index is 13.4. The fourth-order valence-corrected chi connectivity index (χ4v) is 5.50. The third kappa shape index (κ3) is 7.04. The van der Waals surface area contributed by atoms with E-state index in [-0.39, 0.29) is 5.91 Å². The van der Waals surface area contributed by atoms with Gasteiger partial charge in [0, 0.05) is 25.7 Å². The van der Waals surface area contributed by atoms with Crippen molar-refractivity contribution < 1.29 is 4.79 Å². The molecular formula is C34H40N4O. The number of hydrogen-bond donors (Lipinski definition) is 0. The topological polar surface area (TPSA) is 41.4 Å². The first-order chi connectivity index (χ1) is 19.1. The molecule has 1 saturated heterocycles. The molecule has 1 fully saturated rings. The number of nitrogens with zero attached hydrogens (tertiary/aromatic N) is 4. The summed E-state index contributed by atoms with van der Waals surface area (Å²) < 4.78 is 2.31. The van der Waals surface area contributed by atoms with Crippen LogP contribution < -0.4 is 0 Å². The van der Waals surface area contributed by atoms with Gasteiger partial charge in [-0.3, -0.25) is 9.69 Å². The van der Waals surface area contributed by atoms with E-state index in [1.165, 1.54) is 43.5 Å². The number of likely N-dealkylation sites (tertiary alicyclic amines) is 1. The molecule has 0 aliphatic carbocycles. The minimum absolute atomic E-state index is 0.0108. The molecule has 1 amide bonds. The maximum atomic E-state index is 13.4. The molecule has 0 unspecified atom stereocenters. The monoisotopic (exact) mass is 520 g/mol. The minimum atomic E-state index is 0.0108. The SMILES string of the molecule is CC(C)CN(Cc1nc2ccccc2n1Cc1ccccc1CN1CCCCC1)C(=O)C=Cc1ccccc1. The summed E-state index contributed by atoms with van der Waals surface area (Å²) in [4.78, 5) is 23.0. The van der Waals surface area contributed by atoms with Crippen LogP contribution in [0.2, 0.25) is 0 Å². The number of amides is 1. The van der Waals surface area contributed by atoms with Crippen molar-refractivity contribution in [3.63, 3.8) is 0 Å². The van der Waals surface area contributed by atoms with E-state index in [2.05, 4.69) is 65.8 Å². The van der Waals surface area contributed by atoms with Gasteiger partial charge in [-0.2, -0.15) is 0 Å². The van der Waals surface area contributed by atoms with E-state index in [9.17, 15) is 4.79 Å². The van der Waals surface area contributed by atoms with Crippen LogP contribution in [0.4, 0.5) is 0 Å². The highest BCUT2D eigenvalue weighted by atomic mass is 16.2. The predicted molar refractivity (Wildman–Crippen MR) is 160 cm³/mol. The summed E-state index contributed by atoms with van der Waals surface area (Å²) in [6.07, 6.45) is 7.51. The Morgan fingerprint density at radius 1 is 0.872 bits per heavy atom. The number of imidazole rings is 1. The van der Waals surface area contributed by atoms with Crippen LogP contribution >= 0.6 is 0 Å². The molecule has 1 aromatic heterocycles. The Morgan fingerprint density at radius 3 is 2.28 bits per heavy atom. The van der Waals surface area contributed by atoms with Crippen LogP contribution in [-0.2, 0) is 24.4 Å². The fraction of sp³-hybridized carbons (Fsp3) is 0.353. The number of hydrogen-bond acceptors (Lipinski definition) is 3. The number of piperidine rings is 1. The zero-order chi connectivity index (χ0) is 27.0. The van der Waals surface area contributed by atoms with Crippen molar-refractivity contribution in [2.75, 3.05) is 19.6 Å². The molecule has 3 aromatic carbocycles. The van der Waals surface area contributed by atoms with E-state index in [4.69, 9.17) is 4.98 Å². The molecule has 1 aliphatic rings. The molecule has 2 heterocycles. The Hall–Kier alpha value is -3.70. The number of carbonyl (C=O) groups excluding carboxylic acids is 1.